The third kappa shape index (κ3) is 2.02. The van der Waals surface area contributed by atoms with Gasteiger partial charge in [0.2, 0.25) is 0 Å². The van der Waals surface area contributed by atoms with E-state index in [1.807, 2.05) is 6.07 Å². The quantitative estimate of drug-likeness (QED) is 0.726. The van der Waals surface area contributed by atoms with Gasteiger partial charge < -0.3 is 4.74 Å². The average Bonchev–Trinajstić information content (AvgIpc) is 2.78. The number of thiophene rings is 1. The molecule has 2 aromatic rings. The first-order chi connectivity index (χ1) is 7.31. The van der Waals surface area contributed by atoms with Crippen LogP contribution in [-0.4, -0.2) is 23.0 Å². The molecule has 0 unspecified atom stereocenters. The van der Waals surface area contributed by atoms with Crippen LogP contribution < -0.4 is 0 Å². The Morgan fingerprint density at radius 3 is 2.93 bits per heavy atom. The predicted octanol–water partition coefficient (Wildman–Crippen LogP) is 1.99. The lowest BCUT2D eigenvalue weighted by Crippen LogP contribution is -1.96. The minimum absolute atomic E-state index is 0.319. The van der Waals surface area contributed by atoms with Gasteiger partial charge in [-0.2, -0.15) is 0 Å². The van der Waals surface area contributed by atoms with Crippen molar-refractivity contribution in [1.82, 2.24) is 9.97 Å². The van der Waals surface area contributed by atoms with E-state index in [0.717, 1.165) is 10.6 Å². The van der Waals surface area contributed by atoms with E-state index in [1.165, 1.54) is 24.8 Å². The molecule has 0 aliphatic rings. The van der Waals surface area contributed by atoms with Crippen molar-refractivity contribution >= 4 is 17.3 Å². The van der Waals surface area contributed by atoms with Crippen molar-refractivity contribution in [2.75, 3.05) is 7.11 Å². The summed E-state index contributed by atoms with van der Waals surface area (Å²) in [6.07, 6.45) is 3.15. The topological polar surface area (TPSA) is 52.1 Å². The second kappa shape index (κ2) is 4.18. The maximum Gasteiger partial charge on any atom is 0.348 e. The largest absolute Gasteiger partial charge is 0.465 e. The molecule has 0 N–H and O–H groups in total. The van der Waals surface area contributed by atoms with Gasteiger partial charge in [-0.25, -0.2) is 14.8 Å². The molecule has 0 aliphatic carbocycles. The van der Waals surface area contributed by atoms with Crippen LogP contribution in [0.15, 0.2) is 30.7 Å². The van der Waals surface area contributed by atoms with Crippen LogP contribution in [0.25, 0.3) is 10.6 Å². The number of carbonyl (C=O) groups is 1. The number of hydrogen-bond acceptors (Lipinski definition) is 5. The molecule has 4 nitrogen and oxygen atoms in total. The van der Waals surface area contributed by atoms with Crippen molar-refractivity contribution < 1.29 is 9.53 Å². The monoisotopic (exact) mass is 220 g/mol. The lowest BCUT2D eigenvalue weighted by molar-refractivity contribution is 0.0606. The van der Waals surface area contributed by atoms with Crippen molar-refractivity contribution in [3.05, 3.63) is 35.6 Å². The Morgan fingerprint density at radius 2 is 2.27 bits per heavy atom. The summed E-state index contributed by atoms with van der Waals surface area (Å²) in [5.74, 6) is -0.319. The molecule has 0 bridgehead atoms. The third-order valence-electron chi connectivity index (χ3n) is 1.83. The van der Waals surface area contributed by atoms with Gasteiger partial charge in [-0.15, -0.1) is 11.3 Å². The molecule has 0 saturated carbocycles. The number of ether oxygens (including phenoxy) is 1. The molecule has 0 aliphatic heterocycles. The number of aromatic nitrogens is 2. The van der Waals surface area contributed by atoms with Crippen LogP contribution >= 0.6 is 11.3 Å². The van der Waals surface area contributed by atoms with Crippen LogP contribution in [0.2, 0.25) is 0 Å². The van der Waals surface area contributed by atoms with Crippen LogP contribution in [0.3, 0.4) is 0 Å². The van der Waals surface area contributed by atoms with Gasteiger partial charge in [-0.3, -0.25) is 0 Å². The first kappa shape index (κ1) is 9.79. The number of hydrogen-bond donors (Lipinski definition) is 0. The Labute approximate surface area is 90.6 Å². The summed E-state index contributed by atoms with van der Waals surface area (Å²) in [4.78, 5) is 20.6. The normalized spacial score (nSPS) is 9.93. The molecule has 2 rings (SSSR count). The van der Waals surface area contributed by atoms with Gasteiger partial charge in [-0.1, -0.05) is 0 Å². The molecule has 15 heavy (non-hydrogen) atoms. The molecule has 5 heteroatoms. The first-order valence-electron chi connectivity index (χ1n) is 4.26. The zero-order valence-corrected chi connectivity index (χ0v) is 8.82. The summed E-state index contributed by atoms with van der Waals surface area (Å²) in [5, 5.41) is 0. The van der Waals surface area contributed by atoms with Gasteiger partial charge in [0.15, 0.2) is 0 Å². The van der Waals surface area contributed by atoms with Gasteiger partial charge in [0.25, 0.3) is 0 Å². The fourth-order valence-corrected chi connectivity index (χ4v) is 2.02. The summed E-state index contributed by atoms with van der Waals surface area (Å²) in [5.41, 5.74) is 0.810. The van der Waals surface area contributed by atoms with E-state index < -0.39 is 0 Å². The molecule has 0 spiro atoms. The standard InChI is InChI=1S/C10H8N2O2S/c1-14-10(13)9-3-2-8(15-9)7-4-5-11-6-12-7/h2-6H,1H3. The van der Waals surface area contributed by atoms with Crippen LogP contribution in [0.5, 0.6) is 0 Å². The van der Waals surface area contributed by atoms with E-state index >= 15 is 0 Å². The Hall–Kier alpha value is -1.75. The maximum atomic E-state index is 11.2. The molecule has 76 valence electrons. The minimum Gasteiger partial charge on any atom is -0.465 e. The Morgan fingerprint density at radius 1 is 1.40 bits per heavy atom. The summed E-state index contributed by atoms with van der Waals surface area (Å²) < 4.78 is 4.62. The maximum absolute atomic E-state index is 11.2. The number of esters is 1. The van der Waals surface area contributed by atoms with E-state index in [9.17, 15) is 4.79 Å². The molecule has 0 aromatic carbocycles. The van der Waals surface area contributed by atoms with Gasteiger partial charge in [0, 0.05) is 6.20 Å². The number of nitrogens with zero attached hydrogens (tertiary/aromatic N) is 2. The highest BCUT2D eigenvalue weighted by atomic mass is 32.1. The molecule has 0 radical (unpaired) electrons. The molecular formula is C10H8N2O2S. The molecule has 0 amide bonds. The van der Waals surface area contributed by atoms with E-state index in [0.29, 0.717) is 4.88 Å². The second-order valence-electron chi connectivity index (χ2n) is 2.75. The van der Waals surface area contributed by atoms with E-state index in [1.54, 1.807) is 18.3 Å². The molecule has 0 atom stereocenters. The fraction of sp³-hybridized carbons (Fsp3) is 0.100. The van der Waals surface area contributed by atoms with Gasteiger partial charge in [-0.05, 0) is 18.2 Å². The molecule has 2 heterocycles. The zero-order valence-electron chi connectivity index (χ0n) is 8.01. The van der Waals surface area contributed by atoms with Crippen molar-refractivity contribution in [2.24, 2.45) is 0 Å². The fourth-order valence-electron chi connectivity index (χ4n) is 1.12. The molecular weight excluding hydrogens is 212 g/mol. The van der Waals surface area contributed by atoms with Gasteiger partial charge >= 0.3 is 5.97 Å². The van der Waals surface area contributed by atoms with Crippen molar-refractivity contribution in [2.45, 2.75) is 0 Å². The predicted molar refractivity (Wildman–Crippen MR) is 56.7 cm³/mol. The number of carbonyl (C=O) groups excluding carboxylic acids is 1. The SMILES string of the molecule is COC(=O)c1ccc(-c2ccncn2)s1. The summed E-state index contributed by atoms with van der Waals surface area (Å²) in [6.45, 7) is 0. The molecule has 0 saturated heterocycles. The minimum atomic E-state index is -0.319. The van der Waals surface area contributed by atoms with Crippen molar-refractivity contribution in [1.29, 1.82) is 0 Å². The lowest BCUT2D eigenvalue weighted by Gasteiger charge is -1.94. The Bertz CT molecular complexity index is 467. The summed E-state index contributed by atoms with van der Waals surface area (Å²) in [6, 6.07) is 5.38. The third-order valence-corrected chi connectivity index (χ3v) is 2.91. The molecule has 0 fully saturated rings. The van der Waals surface area contributed by atoms with Crippen LogP contribution in [0, 0.1) is 0 Å². The van der Waals surface area contributed by atoms with Crippen LogP contribution in [0.4, 0.5) is 0 Å². The molecule has 2 aromatic heterocycles. The van der Waals surface area contributed by atoms with Gasteiger partial charge in [0.1, 0.15) is 11.2 Å². The number of rotatable bonds is 2. The van der Waals surface area contributed by atoms with Crippen molar-refractivity contribution in [3.63, 3.8) is 0 Å². The smallest absolute Gasteiger partial charge is 0.348 e. The average molecular weight is 220 g/mol. The second-order valence-corrected chi connectivity index (χ2v) is 3.83. The van der Waals surface area contributed by atoms with Crippen LogP contribution in [0.1, 0.15) is 9.67 Å². The zero-order chi connectivity index (χ0) is 10.7. The van der Waals surface area contributed by atoms with Crippen molar-refractivity contribution in [3.8, 4) is 10.6 Å². The summed E-state index contributed by atoms with van der Waals surface area (Å²) in [7, 11) is 1.37. The first-order valence-corrected chi connectivity index (χ1v) is 5.07. The lowest BCUT2D eigenvalue weighted by atomic mass is 10.3. The summed E-state index contributed by atoms with van der Waals surface area (Å²) >= 11 is 1.35. The Balaban J connectivity index is 2.32. The highest BCUT2D eigenvalue weighted by Gasteiger charge is 2.10. The highest BCUT2D eigenvalue weighted by molar-refractivity contribution is 7.17. The van der Waals surface area contributed by atoms with Gasteiger partial charge in [0.05, 0.1) is 17.7 Å². The highest BCUT2D eigenvalue weighted by Crippen LogP contribution is 2.26. The van der Waals surface area contributed by atoms with Crippen LogP contribution in [-0.2, 0) is 4.74 Å². The number of methoxy groups -OCH3 is 1. The Kier molecular flexibility index (Phi) is 2.73. The van der Waals surface area contributed by atoms with E-state index in [-0.39, 0.29) is 5.97 Å². The van der Waals surface area contributed by atoms with E-state index in [4.69, 9.17) is 0 Å². The van der Waals surface area contributed by atoms with E-state index in [2.05, 4.69) is 14.7 Å².